The average Bonchev–Trinajstić information content (AvgIpc) is 3.18. The summed E-state index contributed by atoms with van der Waals surface area (Å²) in [4.78, 5) is 0. The van der Waals surface area contributed by atoms with Crippen LogP contribution in [-0.2, 0) is 31.6 Å². The zero-order chi connectivity index (χ0) is 17.3. The number of ether oxygens (including phenoxy) is 1. The van der Waals surface area contributed by atoms with Crippen molar-refractivity contribution in [3.05, 3.63) is 35.4 Å². The highest BCUT2D eigenvalue weighted by atomic mass is 19.4. The summed E-state index contributed by atoms with van der Waals surface area (Å²) < 4.78 is 47.6. The second kappa shape index (κ2) is 6.56. The van der Waals surface area contributed by atoms with Gasteiger partial charge in [0, 0.05) is 57.7 Å². The van der Waals surface area contributed by atoms with Gasteiger partial charge in [-0.1, -0.05) is 0 Å². The van der Waals surface area contributed by atoms with Crippen LogP contribution < -0.4 is 5.32 Å². The molecule has 3 heterocycles. The Kier molecular flexibility index (Phi) is 4.64. The maximum Gasteiger partial charge on any atom is 0.435 e. The average molecular weight is 343 g/mol. The van der Waals surface area contributed by atoms with Gasteiger partial charge in [0.25, 0.3) is 0 Å². The van der Waals surface area contributed by atoms with Crippen molar-refractivity contribution in [2.24, 2.45) is 20.0 Å². The maximum atomic E-state index is 12.9. The van der Waals surface area contributed by atoms with Crippen LogP contribution in [-0.4, -0.2) is 32.7 Å². The number of rotatable bonds is 5. The second-order valence-electron chi connectivity index (χ2n) is 6.03. The minimum atomic E-state index is -4.44. The Balaban J connectivity index is 1.62. The van der Waals surface area contributed by atoms with Crippen molar-refractivity contribution in [2.75, 3.05) is 13.2 Å². The fourth-order valence-corrected chi connectivity index (χ4v) is 3.13. The Labute approximate surface area is 137 Å². The monoisotopic (exact) mass is 343 g/mol. The van der Waals surface area contributed by atoms with Gasteiger partial charge in [-0.2, -0.15) is 23.4 Å². The molecule has 0 aromatic carbocycles. The molecule has 24 heavy (non-hydrogen) atoms. The molecule has 2 atom stereocenters. The van der Waals surface area contributed by atoms with Gasteiger partial charge in [0.05, 0.1) is 5.69 Å². The number of aryl methyl sites for hydroxylation is 2. The molecule has 2 aromatic heterocycles. The molecule has 0 aliphatic carbocycles. The standard InChI is InChI=1S/C15H20F3N5O/c1-22-9-11(14(21-22)15(16,17)18)8-19-7-10-4-6-24-13(10)12-3-5-20-23(12)2/h3,5,9-10,13,19H,4,6-8H2,1-2H3/t10-,13+/m0/s1. The highest BCUT2D eigenvalue weighted by Gasteiger charge is 2.37. The lowest BCUT2D eigenvalue weighted by molar-refractivity contribution is -0.142. The molecule has 0 unspecified atom stereocenters. The van der Waals surface area contributed by atoms with E-state index in [2.05, 4.69) is 15.5 Å². The zero-order valence-electron chi connectivity index (χ0n) is 13.5. The predicted molar refractivity (Wildman–Crippen MR) is 79.9 cm³/mol. The third-order valence-electron chi connectivity index (χ3n) is 4.26. The quantitative estimate of drug-likeness (QED) is 0.903. The van der Waals surface area contributed by atoms with Crippen LogP contribution >= 0.6 is 0 Å². The van der Waals surface area contributed by atoms with E-state index in [9.17, 15) is 13.2 Å². The van der Waals surface area contributed by atoms with Crippen LogP contribution in [0.4, 0.5) is 13.2 Å². The first-order valence-electron chi connectivity index (χ1n) is 7.76. The molecule has 1 saturated heterocycles. The molecule has 0 bridgehead atoms. The highest BCUT2D eigenvalue weighted by Crippen LogP contribution is 2.34. The second-order valence-corrected chi connectivity index (χ2v) is 6.03. The maximum absolute atomic E-state index is 12.9. The van der Waals surface area contributed by atoms with Crippen molar-refractivity contribution in [1.82, 2.24) is 24.9 Å². The summed E-state index contributed by atoms with van der Waals surface area (Å²) in [6.07, 6.45) is -0.540. The van der Waals surface area contributed by atoms with E-state index in [1.165, 1.54) is 17.9 Å². The van der Waals surface area contributed by atoms with Gasteiger partial charge in [-0.25, -0.2) is 0 Å². The Hall–Kier alpha value is -1.87. The smallest absolute Gasteiger partial charge is 0.372 e. The largest absolute Gasteiger partial charge is 0.435 e. The van der Waals surface area contributed by atoms with E-state index >= 15 is 0 Å². The SMILES string of the molecule is Cn1cc(CNC[C@@H]2CCO[C@H]2c2ccnn2C)c(C(F)(F)F)n1. The first kappa shape index (κ1) is 17.0. The van der Waals surface area contributed by atoms with Crippen LogP contribution in [0.25, 0.3) is 0 Å². The molecule has 1 aliphatic rings. The Morgan fingerprint density at radius 2 is 2.17 bits per heavy atom. The van der Waals surface area contributed by atoms with E-state index in [4.69, 9.17) is 4.74 Å². The van der Waals surface area contributed by atoms with Gasteiger partial charge in [-0.05, 0) is 12.5 Å². The number of nitrogens with one attached hydrogen (secondary N) is 1. The molecular weight excluding hydrogens is 323 g/mol. The molecule has 0 radical (unpaired) electrons. The molecule has 3 rings (SSSR count). The van der Waals surface area contributed by atoms with Crippen LogP contribution in [0.1, 0.15) is 29.5 Å². The molecule has 1 fully saturated rings. The molecule has 0 spiro atoms. The highest BCUT2D eigenvalue weighted by molar-refractivity contribution is 5.19. The van der Waals surface area contributed by atoms with Crippen LogP contribution in [0.2, 0.25) is 0 Å². The third kappa shape index (κ3) is 3.46. The molecule has 9 heteroatoms. The van der Waals surface area contributed by atoms with Crippen LogP contribution in [0, 0.1) is 5.92 Å². The summed E-state index contributed by atoms with van der Waals surface area (Å²) in [7, 11) is 3.34. The van der Waals surface area contributed by atoms with E-state index in [1.54, 1.807) is 10.9 Å². The Bertz CT molecular complexity index is 694. The lowest BCUT2D eigenvalue weighted by atomic mass is 9.99. The number of halogens is 3. The molecule has 132 valence electrons. The van der Waals surface area contributed by atoms with Crippen molar-refractivity contribution in [3.63, 3.8) is 0 Å². The van der Waals surface area contributed by atoms with Crippen molar-refractivity contribution in [3.8, 4) is 0 Å². The number of aromatic nitrogens is 4. The summed E-state index contributed by atoms with van der Waals surface area (Å²) in [6.45, 7) is 1.34. The van der Waals surface area contributed by atoms with Gasteiger partial charge in [0.15, 0.2) is 5.69 Å². The van der Waals surface area contributed by atoms with Gasteiger partial charge in [-0.3, -0.25) is 9.36 Å². The zero-order valence-corrected chi connectivity index (χ0v) is 13.5. The lowest BCUT2D eigenvalue weighted by Gasteiger charge is -2.19. The van der Waals surface area contributed by atoms with E-state index in [0.717, 1.165) is 12.1 Å². The summed E-state index contributed by atoms with van der Waals surface area (Å²) in [5.41, 5.74) is 0.306. The van der Waals surface area contributed by atoms with Crippen molar-refractivity contribution >= 4 is 0 Å². The molecule has 0 saturated carbocycles. The normalized spacial score (nSPS) is 21.5. The van der Waals surface area contributed by atoms with Gasteiger partial charge < -0.3 is 10.1 Å². The van der Waals surface area contributed by atoms with E-state index < -0.39 is 11.9 Å². The van der Waals surface area contributed by atoms with E-state index in [1.807, 2.05) is 13.1 Å². The molecule has 6 nitrogen and oxygen atoms in total. The lowest BCUT2D eigenvalue weighted by Crippen LogP contribution is -2.26. The van der Waals surface area contributed by atoms with E-state index in [0.29, 0.717) is 13.2 Å². The van der Waals surface area contributed by atoms with Crippen LogP contribution in [0.5, 0.6) is 0 Å². The minimum absolute atomic E-state index is 0.0824. The first-order chi connectivity index (χ1) is 11.4. The number of alkyl halides is 3. The van der Waals surface area contributed by atoms with Gasteiger partial charge in [-0.15, -0.1) is 0 Å². The summed E-state index contributed by atoms with van der Waals surface area (Å²) in [5.74, 6) is 0.200. The van der Waals surface area contributed by atoms with Crippen LogP contribution in [0.3, 0.4) is 0 Å². The molecule has 1 aliphatic heterocycles. The van der Waals surface area contributed by atoms with Gasteiger partial charge in [0.1, 0.15) is 6.10 Å². The van der Waals surface area contributed by atoms with Crippen molar-refractivity contribution < 1.29 is 17.9 Å². The fourth-order valence-electron chi connectivity index (χ4n) is 3.13. The molecular formula is C15H20F3N5O. The number of hydrogen-bond donors (Lipinski definition) is 1. The fraction of sp³-hybridized carbons (Fsp3) is 0.600. The molecule has 0 amide bonds. The number of hydrogen-bond acceptors (Lipinski definition) is 4. The van der Waals surface area contributed by atoms with Crippen LogP contribution in [0.15, 0.2) is 18.5 Å². The Morgan fingerprint density at radius 1 is 1.38 bits per heavy atom. The van der Waals surface area contributed by atoms with Crippen molar-refractivity contribution in [2.45, 2.75) is 25.2 Å². The van der Waals surface area contributed by atoms with E-state index in [-0.39, 0.29) is 24.1 Å². The first-order valence-corrected chi connectivity index (χ1v) is 7.76. The minimum Gasteiger partial charge on any atom is -0.372 e. The molecule has 1 N–H and O–H groups in total. The third-order valence-corrected chi connectivity index (χ3v) is 4.26. The van der Waals surface area contributed by atoms with Gasteiger partial charge >= 0.3 is 6.18 Å². The summed E-state index contributed by atoms with van der Waals surface area (Å²) >= 11 is 0. The number of nitrogens with zero attached hydrogens (tertiary/aromatic N) is 4. The van der Waals surface area contributed by atoms with Crippen molar-refractivity contribution in [1.29, 1.82) is 0 Å². The predicted octanol–water partition coefficient (Wildman–Crippen LogP) is 2.04. The topological polar surface area (TPSA) is 56.9 Å². The summed E-state index contributed by atoms with van der Waals surface area (Å²) in [5, 5.41) is 10.8. The Morgan fingerprint density at radius 3 is 2.83 bits per heavy atom. The molecule has 2 aromatic rings. The summed E-state index contributed by atoms with van der Waals surface area (Å²) in [6, 6.07) is 1.91. The van der Waals surface area contributed by atoms with Gasteiger partial charge in [0.2, 0.25) is 0 Å².